The van der Waals surface area contributed by atoms with Gasteiger partial charge in [0.05, 0.1) is 0 Å². The Balaban J connectivity index is 2.12. The first-order chi connectivity index (χ1) is 8.38. The normalized spacial score (nSPS) is 41.8. The Kier molecular flexibility index (Phi) is 4.08. The zero-order valence-corrected chi connectivity index (χ0v) is 12.8. The molecule has 2 heteroatoms. The van der Waals surface area contributed by atoms with E-state index < -0.39 is 0 Å². The lowest BCUT2D eigenvalue weighted by Gasteiger charge is -2.53. The Morgan fingerprint density at radius 2 is 1.89 bits per heavy atom. The topological polar surface area (TPSA) is 29.3 Å². The number of hydrogen-bond acceptors (Lipinski definition) is 2. The molecule has 0 aromatic rings. The molecule has 1 aliphatic carbocycles. The van der Waals surface area contributed by atoms with E-state index in [2.05, 4.69) is 32.6 Å². The molecule has 0 amide bonds. The summed E-state index contributed by atoms with van der Waals surface area (Å²) in [6.07, 6.45) is 6.67. The number of likely N-dealkylation sites (tertiary alicyclic amines) is 1. The Morgan fingerprint density at radius 3 is 2.44 bits per heavy atom. The van der Waals surface area contributed by atoms with Crippen LogP contribution in [0.25, 0.3) is 0 Å². The molecule has 106 valence electrons. The van der Waals surface area contributed by atoms with Crippen molar-refractivity contribution in [3.05, 3.63) is 0 Å². The molecule has 3 unspecified atom stereocenters. The highest BCUT2D eigenvalue weighted by atomic mass is 15.2. The molecule has 0 bridgehead atoms. The third-order valence-corrected chi connectivity index (χ3v) is 5.69. The van der Waals surface area contributed by atoms with Gasteiger partial charge in [-0.3, -0.25) is 4.90 Å². The van der Waals surface area contributed by atoms with Crippen molar-refractivity contribution in [2.24, 2.45) is 23.0 Å². The molecule has 0 radical (unpaired) electrons. The van der Waals surface area contributed by atoms with Gasteiger partial charge in [0.25, 0.3) is 0 Å². The van der Waals surface area contributed by atoms with E-state index in [1.54, 1.807) is 0 Å². The molecular formula is C16H32N2. The predicted octanol–water partition coefficient (Wildman–Crippen LogP) is 3.26. The van der Waals surface area contributed by atoms with Crippen LogP contribution in [0.3, 0.4) is 0 Å². The molecule has 2 N–H and O–H groups in total. The summed E-state index contributed by atoms with van der Waals surface area (Å²) in [6, 6.07) is 0. The summed E-state index contributed by atoms with van der Waals surface area (Å²) >= 11 is 0. The summed E-state index contributed by atoms with van der Waals surface area (Å²) in [7, 11) is 0. The highest BCUT2D eigenvalue weighted by Crippen LogP contribution is 2.45. The van der Waals surface area contributed by atoms with Crippen LogP contribution in [0.2, 0.25) is 0 Å². The fraction of sp³-hybridized carbons (Fsp3) is 1.00. The molecule has 2 rings (SSSR count). The summed E-state index contributed by atoms with van der Waals surface area (Å²) in [4.78, 5) is 2.75. The molecule has 2 nitrogen and oxygen atoms in total. The molecule has 2 aliphatic rings. The van der Waals surface area contributed by atoms with Crippen molar-refractivity contribution >= 4 is 0 Å². The fourth-order valence-electron chi connectivity index (χ4n) is 4.23. The SMILES string of the molecule is CC1CCN(C2(CN)CCCC(C)(C)C2)CC1C. The third kappa shape index (κ3) is 2.75. The maximum absolute atomic E-state index is 6.23. The zero-order chi connectivity index (χ0) is 13.4. The number of piperidine rings is 1. The largest absolute Gasteiger partial charge is 0.329 e. The van der Waals surface area contributed by atoms with Gasteiger partial charge in [0, 0.05) is 18.6 Å². The Morgan fingerprint density at radius 1 is 1.17 bits per heavy atom. The van der Waals surface area contributed by atoms with Crippen molar-refractivity contribution in [3.8, 4) is 0 Å². The van der Waals surface area contributed by atoms with Crippen LogP contribution >= 0.6 is 0 Å². The van der Waals surface area contributed by atoms with Crippen LogP contribution in [0.4, 0.5) is 0 Å². The molecule has 0 aromatic heterocycles. The van der Waals surface area contributed by atoms with Crippen LogP contribution in [0.5, 0.6) is 0 Å². The second-order valence-corrected chi connectivity index (χ2v) is 7.81. The zero-order valence-electron chi connectivity index (χ0n) is 12.8. The highest BCUT2D eigenvalue weighted by molar-refractivity contribution is 5.00. The van der Waals surface area contributed by atoms with Crippen molar-refractivity contribution < 1.29 is 0 Å². The number of hydrogen-bond donors (Lipinski definition) is 1. The molecule has 1 saturated carbocycles. The molecule has 18 heavy (non-hydrogen) atoms. The monoisotopic (exact) mass is 252 g/mol. The summed E-state index contributed by atoms with van der Waals surface area (Å²) in [6.45, 7) is 13.0. The van der Waals surface area contributed by atoms with Crippen molar-refractivity contribution in [1.29, 1.82) is 0 Å². The first-order valence-corrected chi connectivity index (χ1v) is 7.84. The van der Waals surface area contributed by atoms with Crippen LogP contribution < -0.4 is 5.73 Å². The van der Waals surface area contributed by atoms with E-state index in [0.717, 1.165) is 18.4 Å². The molecule has 2 fully saturated rings. The minimum atomic E-state index is 0.302. The minimum Gasteiger partial charge on any atom is -0.329 e. The van der Waals surface area contributed by atoms with E-state index in [9.17, 15) is 0 Å². The molecular weight excluding hydrogens is 220 g/mol. The van der Waals surface area contributed by atoms with Gasteiger partial charge in [-0.1, -0.05) is 34.1 Å². The maximum Gasteiger partial charge on any atom is 0.0336 e. The number of nitrogens with zero attached hydrogens (tertiary/aromatic N) is 1. The van der Waals surface area contributed by atoms with Crippen LogP contribution in [-0.4, -0.2) is 30.1 Å². The predicted molar refractivity (Wildman–Crippen MR) is 78.6 cm³/mol. The molecule has 1 heterocycles. The van der Waals surface area contributed by atoms with E-state index in [1.165, 1.54) is 45.2 Å². The van der Waals surface area contributed by atoms with Crippen LogP contribution in [-0.2, 0) is 0 Å². The third-order valence-electron chi connectivity index (χ3n) is 5.69. The Labute approximate surface area is 113 Å². The van der Waals surface area contributed by atoms with Gasteiger partial charge >= 0.3 is 0 Å². The highest BCUT2D eigenvalue weighted by Gasteiger charge is 2.44. The lowest BCUT2D eigenvalue weighted by atomic mass is 9.66. The first-order valence-electron chi connectivity index (χ1n) is 7.84. The molecule has 1 saturated heterocycles. The quantitative estimate of drug-likeness (QED) is 0.817. The van der Waals surface area contributed by atoms with Crippen molar-refractivity contribution in [2.45, 2.75) is 65.3 Å². The molecule has 0 spiro atoms. The summed E-state index contributed by atoms with van der Waals surface area (Å²) < 4.78 is 0. The number of nitrogens with two attached hydrogens (primary N) is 1. The Bertz CT molecular complexity index is 287. The van der Waals surface area contributed by atoms with E-state index in [4.69, 9.17) is 5.73 Å². The van der Waals surface area contributed by atoms with Crippen molar-refractivity contribution in [1.82, 2.24) is 4.90 Å². The van der Waals surface area contributed by atoms with E-state index in [0.29, 0.717) is 11.0 Å². The smallest absolute Gasteiger partial charge is 0.0336 e. The van der Waals surface area contributed by atoms with Crippen LogP contribution in [0, 0.1) is 17.3 Å². The number of rotatable bonds is 2. The summed E-state index contributed by atoms with van der Waals surface area (Å²) in [5.74, 6) is 1.71. The van der Waals surface area contributed by atoms with Gasteiger partial charge in [-0.25, -0.2) is 0 Å². The van der Waals surface area contributed by atoms with Gasteiger partial charge < -0.3 is 5.73 Å². The van der Waals surface area contributed by atoms with Gasteiger partial charge in [-0.05, 0) is 49.5 Å². The van der Waals surface area contributed by atoms with Gasteiger partial charge in [-0.2, -0.15) is 0 Å². The van der Waals surface area contributed by atoms with Gasteiger partial charge in [0.15, 0.2) is 0 Å². The maximum atomic E-state index is 6.23. The van der Waals surface area contributed by atoms with Gasteiger partial charge in [-0.15, -0.1) is 0 Å². The van der Waals surface area contributed by atoms with Gasteiger partial charge in [0.2, 0.25) is 0 Å². The van der Waals surface area contributed by atoms with E-state index >= 15 is 0 Å². The summed E-state index contributed by atoms with van der Waals surface area (Å²) in [5.41, 5.74) is 7.01. The average molecular weight is 252 g/mol. The fourth-order valence-corrected chi connectivity index (χ4v) is 4.23. The average Bonchev–Trinajstić information content (AvgIpc) is 2.31. The first kappa shape index (κ1) is 14.3. The van der Waals surface area contributed by atoms with Crippen molar-refractivity contribution in [3.63, 3.8) is 0 Å². The van der Waals surface area contributed by atoms with E-state index in [-0.39, 0.29) is 0 Å². The Hall–Kier alpha value is -0.0800. The second kappa shape index (κ2) is 5.13. The minimum absolute atomic E-state index is 0.302. The molecule has 3 atom stereocenters. The molecule has 0 aromatic carbocycles. The van der Waals surface area contributed by atoms with Gasteiger partial charge in [0.1, 0.15) is 0 Å². The lowest BCUT2D eigenvalue weighted by Crippen LogP contribution is -2.60. The van der Waals surface area contributed by atoms with Crippen LogP contribution in [0.1, 0.15) is 59.8 Å². The van der Waals surface area contributed by atoms with Crippen molar-refractivity contribution in [2.75, 3.05) is 19.6 Å². The summed E-state index contributed by atoms with van der Waals surface area (Å²) in [5, 5.41) is 0. The lowest BCUT2D eigenvalue weighted by molar-refractivity contribution is -0.0244. The second-order valence-electron chi connectivity index (χ2n) is 7.81. The molecule has 1 aliphatic heterocycles. The van der Waals surface area contributed by atoms with Crippen LogP contribution in [0.15, 0.2) is 0 Å². The standard InChI is InChI=1S/C16H32N2/c1-13-6-9-18(10-14(13)2)16(12-17)8-5-7-15(3,4)11-16/h13-14H,5-12,17H2,1-4H3. The van der Waals surface area contributed by atoms with E-state index in [1.807, 2.05) is 0 Å².